The minimum absolute atomic E-state index is 0.00870. The summed E-state index contributed by atoms with van der Waals surface area (Å²) in [5, 5.41) is 1.10. The summed E-state index contributed by atoms with van der Waals surface area (Å²) >= 11 is 6.14. The molecule has 0 saturated carbocycles. The van der Waals surface area contributed by atoms with Crippen molar-refractivity contribution in [1.82, 2.24) is 0 Å². The lowest BCUT2D eigenvalue weighted by atomic mass is 10.2. The molecule has 0 N–H and O–H groups in total. The standard InChI is InChI=1S/C23H43ClO3Si2/c1-22(2,3)28(7,8)25-16-12-15-21(18-26-29(9,10)23(4,5)6)27-20-14-11-13-19(24)17-20/h11,13-14,17,21H,12,15-16,18H2,1-10H3/t21-/m1/s1. The van der Waals surface area contributed by atoms with Crippen LogP contribution < -0.4 is 4.74 Å². The van der Waals surface area contributed by atoms with Crippen LogP contribution in [0.1, 0.15) is 54.4 Å². The van der Waals surface area contributed by atoms with Crippen molar-refractivity contribution >= 4 is 28.2 Å². The maximum Gasteiger partial charge on any atom is 0.192 e. The Bertz CT molecular complexity index is 634. The molecule has 0 bridgehead atoms. The number of ether oxygens (including phenoxy) is 1. The van der Waals surface area contributed by atoms with Crippen LogP contribution >= 0.6 is 11.6 Å². The summed E-state index contributed by atoms with van der Waals surface area (Å²) in [5.74, 6) is 0.798. The van der Waals surface area contributed by atoms with Crippen LogP contribution in [-0.4, -0.2) is 36.0 Å². The van der Waals surface area contributed by atoms with Gasteiger partial charge in [0.2, 0.25) is 0 Å². The highest BCUT2D eigenvalue weighted by Gasteiger charge is 2.38. The van der Waals surface area contributed by atoms with Gasteiger partial charge in [-0.3, -0.25) is 0 Å². The minimum atomic E-state index is -1.83. The second kappa shape index (κ2) is 10.3. The van der Waals surface area contributed by atoms with Gasteiger partial charge in [-0.1, -0.05) is 59.2 Å². The van der Waals surface area contributed by atoms with Gasteiger partial charge >= 0.3 is 0 Å². The van der Waals surface area contributed by atoms with E-state index in [2.05, 4.69) is 67.7 Å². The molecular weight excluding hydrogens is 416 g/mol. The zero-order chi connectivity index (χ0) is 22.5. The molecule has 0 spiro atoms. The van der Waals surface area contributed by atoms with E-state index in [0.29, 0.717) is 11.6 Å². The fraction of sp³-hybridized carbons (Fsp3) is 0.739. The van der Waals surface area contributed by atoms with Crippen molar-refractivity contribution in [2.75, 3.05) is 13.2 Å². The van der Waals surface area contributed by atoms with Gasteiger partial charge in [-0.2, -0.15) is 0 Å². The van der Waals surface area contributed by atoms with E-state index >= 15 is 0 Å². The predicted octanol–water partition coefficient (Wildman–Crippen LogP) is 7.91. The maximum absolute atomic E-state index is 6.46. The monoisotopic (exact) mass is 458 g/mol. The van der Waals surface area contributed by atoms with Crippen LogP contribution in [-0.2, 0) is 8.85 Å². The Labute approximate surface area is 186 Å². The Morgan fingerprint density at radius 2 is 1.45 bits per heavy atom. The predicted molar refractivity (Wildman–Crippen MR) is 131 cm³/mol. The van der Waals surface area contributed by atoms with Gasteiger partial charge in [0.15, 0.2) is 16.6 Å². The lowest BCUT2D eigenvalue weighted by Crippen LogP contribution is -2.43. The zero-order valence-electron chi connectivity index (χ0n) is 20.3. The normalized spacial score (nSPS) is 14.7. The lowest BCUT2D eigenvalue weighted by Gasteiger charge is -2.37. The Hall–Kier alpha value is -0.336. The smallest absolute Gasteiger partial charge is 0.192 e. The van der Waals surface area contributed by atoms with Gasteiger partial charge in [-0.25, -0.2) is 0 Å². The van der Waals surface area contributed by atoms with Crippen LogP contribution in [0.15, 0.2) is 24.3 Å². The van der Waals surface area contributed by atoms with Crippen LogP contribution in [0.25, 0.3) is 0 Å². The number of hydrogen-bond donors (Lipinski definition) is 0. The number of rotatable bonds is 10. The molecule has 0 saturated heterocycles. The average molecular weight is 459 g/mol. The van der Waals surface area contributed by atoms with Gasteiger partial charge in [-0.05, 0) is 67.3 Å². The molecule has 1 aromatic carbocycles. The van der Waals surface area contributed by atoms with Crippen LogP contribution in [0.3, 0.4) is 0 Å². The van der Waals surface area contributed by atoms with E-state index in [4.69, 9.17) is 25.2 Å². The molecule has 6 heteroatoms. The van der Waals surface area contributed by atoms with E-state index in [1.165, 1.54) is 0 Å². The number of benzene rings is 1. The molecule has 0 unspecified atom stereocenters. The van der Waals surface area contributed by atoms with Crippen molar-refractivity contribution < 1.29 is 13.6 Å². The van der Waals surface area contributed by atoms with Crippen LogP contribution in [0.5, 0.6) is 5.75 Å². The molecule has 29 heavy (non-hydrogen) atoms. The number of halogens is 1. The van der Waals surface area contributed by atoms with Crippen molar-refractivity contribution in [3.63, 3.8) is 0 Å². The highest BCUT2D eigenvalue weighted by Crippen LogP contribution is 2.37. The van der Waals surface area contributed by atoms with Crippen molar-refractivity contribution in [1.29, 1.82) is 0 Å². The van der Waals surface area contributed by atoms with Gasteiger partial charge in [-0.15, -0.1) is 0 Å². The number of hydrogen-bond acceptors (Lipinski definition) is 3. The molecule has 0 radical (unpaired) electrons. The van der Waals surface area contributed by atoms with E-state index in [1.54, 1.807) is 0 Å². The van der Waals surface area contributed by atoms with E-state index < -0.39 is 16.6 Å². The second-order valence-corrected chi connectivity index (χ2v) is 21.1. The molecule has 3 nitrogen and oxygen atoms in total. The summed E-state index contributed by atoms with van der Waals surface area (Å²) in [7, 11) is -3.54. The van der Waals surface area contributed by atoms with Crippen LogP contribution in [0.4, 0.5) is 0 Å². The van der Waals surface area contributed by atoms with Gasteiger partial charge in [0.05, 0.1) is 6.61 Å². The molecule has 0 fully saturated rings. The zero-order valence-corrected chi connectivity index (χ0v) is 23.1. The first-order valence-corrected chi connectivity index (χ1v) is 16.9. The molecule has 1 aromatic rings. The summed E-state index contributed by atoms with van der Waals surface area (Å²) in [6.45, 7) is 24.1. The first-order valence-electron chi connectivity index (χ1n) is 10.8. The Balaban J connectivity index is 2.72. The van der Waals surface area contributed by atoms with E-state index in [0.717, 1.165) is 25.2 Å². The Morgan fingerprint density at radius 3 is 1.97 bits per heavy atom. The molecule has 1 atom stereocenters. The molecule has 0 aliphatic rings. The fourth-order valence-electron chi connectivity index (χ4n) is 2.28. The quantitative estimate of drug-likeness (QED) is 0.263. The second-order valence-electron chi connectivity index (χ2n) is 11.0. The summed E-state index contributed by atoms with van der Waals surface area (Å²) in [6, 6.07) is 7.61. The highest BCUT2D eigenvalue weighted by atomic mass is 35.5. The molecule has 168 valence electrons. The van der Waals surface area contributed by atoms with Crippen molar-refractivity contribution in [2.24, 2.45) is 0 Å². The first-order chi connectivity index (χ1) is 13.1. The van der Waals surface area contributed by atoms with Gasteiger partial charge < -0.3 is 13.6 Å². The van der Waals surface area contributed by atoms with Crippen LogP contribution in [0, 0.1) is 0 Å². The topological polar surface area (TPSA) is 27.7 Å². The van der Waals surface area contributed by atoms with E-state index in [9.17, 15) is 0 Å². The van der Waals surface area contributed by atoms with E-state index in [-0.39, 0.29) is 16.2 Å². The average Bonchev–Trinajstić information content (AvgIpc) is 2.54. The third-order valence-corrected chi connectivity index (χ3v) is 15.7. The van der Waals surface area contributed by atoms with Gasteiger partial charge in [0.25, 0.3) is 0 Å². The summed E-state index contributed by atoms with van der Waals surface area (Å²) in [5.41, 5.74) is 0. The molecule has 0 aromatic heterocycles. The van der Waals surface area contributed by atoms with Crippen molar-refractivity contribution in [3.8, 4) is 5.75 Å². The van der Waals surface area contributed by atoms with E-state index in [1.807, 2.05) is 24.3 Å². The lowest BCUT2D eigenvalue weighted by molar-refractivity contribution is 0.106. The summed E-state index contributed by atoms with van der Waals surface area (Å²) in [4.78, 5) is 0. The van der Waals surface area contributed by atoms with Gasteiger partial charge in [0.1, 0.15) is 11.9 Å². The summed E-state index contributed by atoms with van der Waals surface area (Å²) in [6.07, 6.45) is 1.85. The third-order valence-electron chi connectivity index (χ3n) is 6.47. The van der Waals surface area contributed by atoms with Gasteiger partial charge in [0, 0.05) is 11.6 Å². The molecule has 1 rings (SSSR count). The molecule has 0 heterocycles. The fourth-order valence-corrected chi connectivity index (χ4v) is 4.59. The minimum Gasteiger partial charge on any atom is -0.488 e. The Kier molecular flexibility index (Phi) is 9.50. The molecule has 0 aliphatic carbocycles. The largest absolute Gasteiger partial charge is 0.488 e. The molecular formula is C23H43ClO3Si2. The third kappa shape index (κ3) is 8.74. The SMILES string of the molecule is CC(C)(C)[Si](C)(C)OCCC[C@H](CO[Si](C)(C)C(C)(C)C)Oc1cccc(Cl)c1. The maximum atomic E-state index is 6.46. The summed E-state index contributed by atoms with van der Waals surface area (Å²) < 4.78 is 19.1. The molecule has 0 aliphatic heterocycles. The van der Waals surface area contributed by atoms with Crippen molar-refractivity contribution in [2.45, 2.75) is 96.8 Å². The highest BCUT2D eigenvalue weighted by molar-refractivity contribution is 6.74. The van der Waals surface area contributed by atoms with Crippen molar-refractivity contribution in [3.05, 3.63) is 29.3 Å². The Morgan fingerprint density at radius 1 is 0.897 bits per heavy atom. The van der Waals surface area contributed by atoms with Crippen LogP contribution in [0.2, 0.25) is 41.3 Å². The first kappa shape index (κ1) is 26.7. The molecule has 0 amide bonds.